The number of ether oxygens (including phenoxy) is 2. The van der Waals surface area contributed by atoms with Gasteiger partial charge in [-0.3, -0.25) is 14.4 Å². The number of amides is 4. The van der Waals surface area contributed by atoms with Gasteiger partial charge < -0.3 is 36.5 Å². The summed E-state index contributed by atoms with van der Waals surface area (Å²) in [6.45, 7) is 9.26. The molecule has 12 nitrogen and oxygen atoms in total. The van der Waals surface area contributed by atoms with E-state index < -0.39 is 54.0 Å². The van der Waals surface area contributed by atoms with E-state index in [0.717, 1.165) is 27.8 Å². The second-order valence-corrected chi connectivity index (χ2v) is 13.6. The molecule has 3 aromatic rings. The van der Waals surface area contributed by atoms with E-state index in [1.807, 2.05) is 92.7 Å². The number of carbonyl (C=O) groups excluding carboxylic acids is 5. The molecule has 0 fully saturated rings. The van der Waals surface area contributed by atoms with Crippen molar-refractivity contribution in [2.75, 3.05) is 19.8 Å². The minimum atomic E-state index is -1.11. The van der Waals surface area contributed by atoms with E-state index in [2.05, 4.69) is 27.8 Å². The second kappa shape index (κ2) is 20.7. The van der Waals surface area contributed by atoms with Crippen molar-refractivity contribution in [2.24, 2.45) is 11.7 Å². The van der Waals surface area contributed by atoms with E-state index in [-0.39, 0.29) is 31.5 Å². The van der Waals surface area contributed by atoms with Gasteiger partial charge in [-0.25, -0.2) is 9.59 Å². The number of nitrogens with two attached hydrogens (primary N) is 1. The zero-order valence-corrected chi connectivity index (χ0v) is 31.3. The molecule has 0 bridgehead atoms. The van der Waals surface area contributed by atoms with E-state index in [9.17, 15) is 24.0 Å². The van der Waals surface area contributed by atoms with Crippen LogP contribution in [0.5, 0.6) is 0 Å². The molecule has 1 aliphatic carbocycles. The summed E-state index contributed by atoms with van der Waals surface area (Å²) in [7, 11) is 0. The molecule has 0 aliphatic heterocycles. The predicted octanol–water partition coefficient (Wildman–Crippen LogP) is 4.52. The first kappa shape index (κ1) is 41.3. The molecular formula is C42H53N5O7. The number of hydrogen-bond acceptors (Lipinski definition) is 8. The minimum absolute atomic E-state index is 0.0109. The van der Waals surface area contributed by atoms with Crippen molar-refractivity contribution < 1.29 is 33.4 Å². The Morgan fingerprint density at radius 3 is 1.98 bits per heavy atom. The number of fused-ring (bicyclic) bond motifs is 3. The summed E-state index contributed by atoms with van der Waals surface area (Å²) in [6, 6.07) is 21.0. The third-order valence-electron chi connectivity index (χ3n) is 9.67. The maximum absolute atomic E-state index is 14.0. The predicted molar refractivity (Wildman–Crippen MR) is 207 cm³/mol. The van der Waals surface area contributed by atoms with Crippen molar-refractivity contribution >= 4 is 29.8 Å². The number of esters is 1. The minimum Gasteiger partial charge on any atom is -0.460 e. The number of unbranched alkanes of at least 4 members (excludes halogenated alkanes) is 1. The second-order valence-electron chi connectivity index (χ2n) is 13.6. The molecule has 0 spiro atoms. The summed E-state index contributed by atoms with van der Waals surface area (Å²) in [5.41, 5.74) is 10.7. The molecular weight excluding hydrogens is 686 g/mol. The lowest BCUT2D eigenvalue weighted by atomic mass is 9.96. The monoisotopic (exact) mass is 739 g/mol. The smallest absolute Gasteiger partial charge is 0.407 e. The van der Waals surface area contributed by atoms with Gasteiger partial charge in [0.05, 0.1) is 0 Å². The van der Waals surface area contributed by atoms with Gasteiger partial charge in [-0.05, 0) is 66.5 Å². The summed E-state index contributed by atoms with van der Waals surface area (Å²) < 4.78 is 10.9. The van der Waals surface area contributed by atoms with Crippen molar-refractivity contribution in [1.29, 1.82) is 0 Å². The van der Waals surface area contributed by atoms with Crippen LogP contribution >= 0.6 is 0 Å². The van der Waals surface area contributed by atoms with Crippen LogP contribution in [0.3, 0.4) is 0 Å². The normalized spacial score (nSPS) is 14.5. The maximum Gasteiger partial charge on any atom is 0.407 e. The lowest BCUT2D eigenvalue weighted by molar-refractivity contribution is -0.147. The Hall–Kier alpha value is -5.49. The standard InChI is InChI=1S/C42H53N5O7/c1-5-24-53-41(51)35(22-14-15-23-43)45-40(50)37(27(3)6-2)47-39(49)36(25-29-16-8-7-9-17-29)46-38(48)28(4)44-42(52)54-26-34-32-20-12-10-18-30(32)31-19-11-13-21-33(31)34/h5,7-13,16-21,27-28,34-37H,1,6,14-15,22-26,43H2,2-4H3,(H,44,52)(H,45,50)(H,46,48)(H,47,49)/t27-,28-,35-,36-,37-/m0/s1. The Balaban J connectivity index is 1.43. The van der Waals surface area contributed by atoms with Crippen molar-refractivity contribution in [3.63, 3.8) is 0 Å². The van der Waals surface area contributed by atoms with Gasteiger partial charge in [-0.15, -0.1) is 0 Å². The molecule has 12 heteroatoms. The lowest BCUT2D eigenvalue weighted by Gasteiger charge is -2.28. The zero-order chi connectivity index (χ0) is 39.0. The molecule has 0 saturated heterocycles. The van der Waals surface area contributed by atoms with Gasteiger partial charge in [0, 0.05) is 12.3 Å². The van der Waals surface area contributed by atoms with E-state index >= 15 is 0 Å². The summed E-state index contributed by atoms with van der Waals surface area (Å²) in [5.74, 6) is -2.86. The Morgan fingerprint density at radius 2 is 1.37 bits per heavy atom. The van der Waals surface area contributed by atoms with E-state index in [1.165, 1.54) is 13.0 Å². The molecule has 0 radical (unpaired) electrons. The third-order valence-corrected chi connectivity index (χ3v) is 9.67. The van der Waals surface area contributed by atoms with Crippen molar-refractivity contribution in [1.82, 2.24) is 21.3 Å². The topological polar surface area (TPSA) is 178 Å². The average molecular weight is 740 g/mol. The quantitative estimate of drug-likeness (QED) is 0.0638. The summed E-state index contributed by atoms with van der Waals surface area (Å²) in [5, 5.41) is 10.9. The molecule has 3 aromatic carbocycles. The van der Waals surface area contributed by atoms with Crippen molar-refractivity contribution in [3.05, 3.63) is 108 Å². The fourth-order valence-corrected chi connectivity index (χ4v) is 6.44. The molecule has 0 saturated carbocycles. The zero-order valence-electron chi connectivity index (χ0n) is 31.3. The van der Waals surface area contributed by atoms with Gasteiger partial charge in [0.2, 0.25) is 17.7 Å². The van der Waals surface area contributed by atoms with Gasteiger partial charge in [0.1, 0.15) is 37.4 Å². The van der Waals surface area contributed by atoms with Crippen LogP contribution in [0, 0.1) is 5.92 Å². The first-order chi connectivity index (χ1) is 26.1. The van der Waals surface area contributed by atoms with E-state index in [0.29, 0.717) is 32.2 Å². The first-order valence-corrected chi connectivity index (χ1v) is 18.6. The van der Waals surface area contributed by atoms with Gasteiger partial charge in [0.25, 0.3) is 0 Å². The summed E-state index contributed by atoms with van der Waals surface area (Å²) in [6.07, 6.45) is 2.86. The number of rotatable bonds is 20. The number of alkyl carbamates (subject to hydrolysis) is 1. The third kappa shape index (κ3) is 11.3. The summed E-state index contributed by atoms with van der Waals surface area (Å²) in [4.78, 5) is 66.9. The van der Waals surface area contributed by atoms with Crippen LogP contribution in [0.25, 0.3) is 11.1 Å². The largest absolute Gasteiger partial charge is 0.460 e. The first-order valence-electron chi connectivity index (χ1n) is 18.6. The van der Waals surface area contributed by atoms with Crippen LogP contribution < -0.4 is 27.0 Å². The molecule has 0 aromatic heterocycles. The Kier molecular flexibility index (Phi) is 15.8. The van der Waals surface area contributed by atoms with Crippen LogP contribution in [0.2, 0.25) is 0 Å². The van der Waals surface area contributed by atoms with E-state index in [1.54, 1.807) is 0 Å². The summed E-state index contributed by atoms with van der Waals surface area (Å²) >= 11 is 0. The highest BCUT2D eigenvalue weighted by Gasteiger charge is 2.34. The highest BCUT2D eigenvalue weighted by molar-refractivity contribution is 5.95. The molecule has 4 rings (SSSR count). The molecule has 4 amide bonds. The molecule has 54 heavy (non-hydrogen) atoms. The Bertz CT molecular complexity index is 1700. The SMILES string of the molecule is C=CCOC(=O)[C@H](CCCCN)NC(=O)[C@@H](NC(=O)[C@H](Cc1ccccc1)NC(=O)[C@H](C)NC(=O)OCC1c2ccccc2-c2ccccc21)[C@@H](C)CC. The Morgan fingerprint density at radius 1 is 0.759 bits per heavy atom. The highest BCUT2D eigenvalue weighted by atomic mass is 16.5. The molecule has 288 valence electrons. The van der Waals surface area contributed by atoms with Crippen LogP contribution in [-0.4, -0.2) is 73.7 Å². The fraction of sp³-hybridized carbons (Fsp3) is 0.405. The fourth-order valence-electron chi connectivity index (χ4n) is 6.44. The molecule has 0 heterocycles. The Labute approximate surface area is 317 Å². The maximum atomic E-state index is 14.0. The van der Waals surface area contributed by atoms with Gasteiger partial charge in [0.15, 0.2) is 0 Å². The van der Waals surface area contributed by atoms with Crippen molar-refractivity contribution in [3.8, 4) is 11.1 Å². The van der Waals surface area contributed by atoms with Gasteiger partial charge in [-0.1, -0.05) is 112 Å². The van der Waals surface area contributed by atoms with Crippen LogP contribution in [0.4, 0.5) is 4.79 Å². The molecule has 0 unspecified atom stereocenters. The van der Waals surface area contributed by atoms with Crippen molar-refractivity contribution in [2.45, 2.75) is 83.0 Å². The number of carbonyl (C=O) groups is 5. The average Bonchev–Trinajstić information content (AvgIpc) is 3.50. The lowest BCUT2D eigenvalue weighted by Crippen LogP contribution is -2.59. The van der Waals surface area contributed by atoms with Gasteiger partial charge in [-0.2, -0.15) is 0 Å². The van der Waals surface area contributed by atoms with E-state index in [4.69, 9.17) is 15.2 Å². The van der Waals surface area contributed by atoms with Crippen LogP contribution in [0.15, 0.2) is 91.5 Å². The molecule has 1 aliphatic rings. The molecule has 6 N–H and O–H groups in total. The van der Waals surface area contributed by atoms with Gasteiger partial charge >= 0.3 is 12.1 Å². The highest BCUT2D eigenvalue weighted by Crippen LogP contribution is 2.44. The van der Waals surface area contributed by atoms with Crippen LogP contribution in [0.1, 0.15) is 69.1 Å². The number of benzene rings is 3. The molecule has 5 atom stereocenters. The number of hydrogen-bond donors (Lipinski definition) is 5. The number of nitrogens with one attached hydrogen (secondary N) is 4. The van der Waals surface area contributed by atoms with Crippen LogP contribution in [-0.2, 0) is 35.1 Å².